The first-order valence-corrected chi connectivity index (χ1v) is 5.11. The molecule has 0 saturated heterocycles. The number of rotatable bonds is 4. The van der Waals surface area contributed by atoms with Gasteiger partial charge in [0.05, 0.1) is 7.11 Å². The van der Waals surface area contributed by atoms with Crippen molar-refractivity contribution in [1.82, 2.24) is 0 Å². The van der Waals surface area contributed by atoms with Crippen LogP contribution in [-0.4, -0.2) is 24.2 Å². The first-order valence-electron chi connectivity index (χ1n) is 5.11. The number of ether oxygens (including phenoxy) is 1. The number of carboxylic acid groups (broad SMARTS) is 1. The third-order valence-electron chi connectivity index (χ3n) is 2.55. The fourth-order valence-electron chi connectivity index (χ4n) is 1.59. The summed E-state index contributed by atoms with van der Waals surface area (Å²) >= 11 is 0. The van der Waals surface area contributed by atoms with Gasteiger partial charge in [-0.1, -0.05) is 6.07 Å². The molecule has 1 rings (SSSR count). The maximum Gasteiger partial charge on any atom is 0.325 e. The lowest BCUT2D eigenvalue weighted by Gasteiger charge is -2.16. The number of hydrogen-bond donors (Lipinski definition) is 2. The predicted molar refractivity (Wildman–Crippen MR) is 63.2 cm³/mol. The van der Waals surface area contributed by atoms with E-state index in [0.29, 0.717) is 0 Å². The molecule has 0 radical (unpaired) electrons. The molecule has 0 aromatic heterocycles. The fourth-order valence-corrected chi connectivity index (χ4v) is 1.59. The van der Waals surface area contributed by atoms with E-state index in [9.17, 15) is 4.79 Å². The normalized spacial score (nSPS) is 12.0. The van der Waals surface area contributed by atoms with Gasteiger partial charge in [0.1, 0.15) is 11.8 Å². The Morgan fingerprint density at radius 2 is 2.06 bits per heavy atom. The maximum absolute atomic E-state index is 10.7. The zero-order valence-corrected chi connectivity index (χ0v) is 10.00. The third kappa shape index (κ3) is 2.45. The lowest BCUT2D eigenvalue weighted by molar-refractivity contribution is -0.137. The van der Waals surface area contributed by atoms with Gasteiger partial charge in [0.25, 0.3) is 0 Å². The van der Waals surface area contributed by atoms with Gasteiger partial charge in [-0.15, -0.1) is 0 Å². The van der Waals surface area contributed by atoms with Gasteiger partial charge in [-0.3, -0.25) is 4.79 Å². The highest BCUT2D eigenvalue weighted by molar-refractivity contribution is 5.77. The van der Waals surface area contributed by atoms with Crippen molar-refractivity contribution in [3.63, 3.8) is 0 Å². The van der Waals surface area contributed by atoms with Crippen molar-refractivity contribution < 1.29 is 14.6 Å². The molecular weight excluding hydrogens is 206 g/mol. The summed E-state index contributed by atoms with van der Waals surface area (Å²) < 4.78 is 5.27. The summed E-state index contributed by atoms with van der Waals surface area (Å²) in [5.74, 6) is -0.0819. The second-order valence-corrected chi connectivity index (χ2v) is 3.79. The summed E-state index contributed by atoms with van der Waals surface area (Å²) in [5.41, 5.74) is 2.75. The Bertz CT molecular complexity index is 401. The standard InChI is InChI=1S/C12H17NO3/c1-7-5-6-10(8(2)11(7)16-4)13-9(3)12(14)15/h5-6,9,13H,1-4H3,(H,14,15). The minimum Gasteiger partial charge on any atom is -0.496 e. The van der Waals surface area contributed by atoms with Crippen molar-refractivity contribution in [2.24, 2.45) is 0 Å². The first kappa shape index (κ1) is 12.4. The van der Waals surface area contributed by atoms with E-state index in [-0.39, 0.29) is 0 Å². The molecule has 0 heterocycles. The van der Waals surface area contributed by atoms with Gasteiger partial charge in [-0.2, -0.15) is 0 Å². The van der Waals surface area contributed by atoms with Crippen LogP contribution in [0.4, 0.5) is 5.69 Å². The molecule has 0 aliphatic carbocycles. The first-order chi connectivity index (χ1) is 7.47. The summed E-state index contributed by atoms with van der Waals surface area (Å²) in [7, 11) is 1.61. The van der Waals surface area contributed by atoms with Crippen LogP contribution in [-0.2, 0) is 4.79 Å². The predicted octanol–water partition coefficient (Wildman–Crippen LogP) is 2.20. The second-order valence-electron chi connectivity index (χ2n) is 3.79. The van der Waals surface area contributed by atoms with E-state index in [1.165, 1.54) is 0 Å². The zero-order chi connectivity index (χ0) is 12.3. The third-order valence-corrected chi connectivity index (χ3v) is 2.55. The molecule has 2 N–H and O–H groups in total. The molecule has 88 valence electrons. The number of aliphatic carboxylic acids is 1. The monoisotopic (exact) mass is 223 g/mol. The van der Waals surface area contributed by atoms with Crippen molar-refractivity contribution in [3.05, 3.63) is 23.3 Å². The van der Waals surface area contributed by atoms with Crippen LogP contribution < -0.4 is 10.1 Å². The Balaban J connectivity index is 3.02. The van der Waals surface area contributed by atoms with Crippen molar-refractivity contribution in [2.75, 3.05) is 12.4 Å². The maximum atomic E-state index is 10.7. The number of benzene rings is 1. The number of carbonyl (C=O) groups is 1. The molecule has 0 aliphatic heterocycles. The Kier molecular flexibility index (Phi) is 3.77. The van der Waals surface area contributed by atoms with Crippen LogP contribution >= 0.6 is 0 Å². The minimum atomic E-state index is -0.876. The number of methoxy groups -OCH3 is 1. The van der Waals surface area contributed by atoms with Gasteiger partial charge >= 0.3 is 5.97 Å². The highest BCUT2D eigenvalue weighted by Gasteiger charge is 2.13. The van der Waals surface area contributed by atoms with Crippen LogP contribution in [0.15, 0.2) is 12.1 Å². The van der Waals surface area contributed by atoms with E-state index >= 15 is 0 Å². The number of nitrogens with one attached hydrogen (secondary N) is 1. The van der Waals surface area contributed by atoms with Crippen LogP contribution in [0.1, 0.15) is 18.1 Å². The summed E-state index contributed by atoms with van der Waals surface area (Å²) in [6, 6.07) is 3.15. The van der Waals surface area contributed by atoms with E-state index in [1.807, 2.05) is 26.0 Å². The van der Waals surface area contributed by atoms with E-state index in [4.69, 9.17) is 9.84 Å². The lowest BCUT2D eigenvalue weighted by Crippen LogP contribution is -2.25. The number of carboxylic acids is 1. The summed E-state index contributed by atoms with van der Waals surface area (Å²) in [6.07, 6.45) is 0. The molecule has 1 aromatic carbocycles. The number of hydrogen-bond acceptors (Lipinski definition) is 3. The lowest BCUT2D eigenvalue weighted by atomic mass is 10.1. The van der Waals surface area contributed by atoms with Gasteiger partial charge in [0, 0.05) is 11.3 Å². The highest BCUT2D eigenvalue weighted by Crippen LogP contribution is 2.29. The summed E-state index contributed by atoms with van der Waals surface area (Å²) in [5, 5.41) is 11.8. The van der Waals surface area contributed by atoms with E-state index in [1.54, 1.807) is 14.0 Å². The fraction of sp³-hybridized carbons (Fsp3) is 0.417. The van der Waals surface area contributed by atoms with Crippen LogP contribution in [0, 0.1) is 13.8 Å². The van der Waals surface area contributed by atoms with Gasteiger partial charge in [0.2, 0.25) is 0 Å². The average molecular weight is 223 g/mol. The Labute approximate surface area is 95.2 Å². The molecule has 0 saturated carbocycles. The molecule has 0 spiro atoms. The molecule has 1 unspecified atom stereocenters. The van der Waals surface area contributed by atoms with Crippen molar-refractivity contribution in [2.45, 2.75) is 26.8 Å². The molecular formula is C12H17NO3. The SMILES string of the molecule is COc1c(C)ccc(NC(C)C(=O)O)c1C. The molecule has 16 heavy (non-hydrogen) atoms. The van der Waals surface area contributed by atoms with Crippen molar-refractivity contribution in [3.8, 4) is 5.75 Å². The summed E-state index contributed by atoms with van der Waals surface area (Å²) in [4.78, 5) is 10.7. The quantitative estimate of drug-likeness (QED) is 0.821. The average Bonchev–Trinajstić information content (AvgIpc) is 2.22. The van der Waals surface area contributed by atoms with Crippen LogP contribution in [0.3, 0.4) is 0 Å². The van der Waals surface area contributed by atoms with Gasteiger partial charge in [-0.05, 0) is 32.4 Å². The molecule has 1 aromatic rings. The van der Waals surface area contributed by atoms with E-state index in [0.717, 1.165) is 22.6 Å². The number of anilines is 1. The largest absolute Gasteiger partial charge is 0.496 e. The molecule has 4 heteroatoms. The zero-order valence-electron chi connectivity index (χ0n) is 10.00. The van der Waals surface area contributed by atoms with Crippen LogP contribution in [0.25, 0.3) is 0 Å². The molecule has 1 atom stereocenters. The molecule has 0 amide bonds. The minimum absolute atomic E-state index is 0.619. The van der Waals surface area contributed by atoms with Crippen LogP contribution in [0.5, 0.6) is 5.75 Å². The Hall–Kier alpha value is -1.71. The van der Waals surface area contributed by atoms with E-state index in [2.05, 4.69) is 5.32 Å². The molecule has 0 bridgehead atoms. The molecule has 0 fully saturated rings. The smallest absolute Gasteiger partial charge is 0.325 e. The number of aryl methyl sites for hydroxylation is 1. The molecule has 4 nitrogen and oxygen atoms in total. The topological polar surface area (TPSA) is 58.6 Å². The molecule has 0 aliphatic rings. The Morgan fingerprint density at radius 3 is 2.56 bits per heavy atom. The van der Waals surface area contributed by atoms with Crippen molar-refractivity contribution >= 4 is 11.7 Å². The van der Waals surface area contributed by atoms with Gasteiger partial charge in [0.15, 0.2) is 0 Å². The highest BCUT2D eigenvalue weighted by atomic mass is 16.5. The Morgan fingerprint density at radius 1 is 1.44 bits per heavy atom. The summed E-state index contributed by atoms with van der Waals surface area (Å²) in [6.45, 7) is 5.47. The second kappa shape index (κ2) is 4.88. The van der Waals surface area contributed by atoms with Gasteiger partial charge in [-0.25, -0.2) is 0 Å². The van der Waals surface area contributed by atoms with E-state index < -0.39 is 12.0 Å². The van der Waals surface area contributed by atoms with Gasteiger partial charge < -0.3 is 15.2 Å². The van der Waals surface area contributed by atoms with Crippen LogP contribution in [0.2, 0.25) is 0 Å². The van der Waals surface area contributed by atoms with Crippen molar-refractivity contribution in [1.29, 1.82) is 0 Å².